The van der Waals surface area contributed by atoms with Crippen molar-refractivity contribution >= 4 is 17.8 Å². The highest BCUT2D eigenvalue weighted by atomic mass is 19.4. The van der Waals surface area contributed by atoms with E-state index in [1.807, 2.05) is 0 Å². The maximum atomic E-state index is 13.0. The van der Waals surface area contributed by atoms with Crippen LogP contribution in [-0.2, 0) is 9.59 Å². The Kier molecular flexibility index (Phi) is 5.64. The lowest BCUT2D eigenvalue weighted by atomic mass is 9.75. The van der Waals surface area contributed by atoms with Gasteiger partial charge in [-0.3, -0.25) is 14.5 Å². The number of amides is 4. The SMILES string of the molecule is CCC1CCC2(CC1)NC(=O)N(CC(=O)N(CC(F)(F)F)[C@H](C)C1CC1)C2=O. The first-order valence-corrected chi connectivity index (χ1v) is 10.1. The molecule has 1 saturated heterocycles. The van der Waals surface area contributed by atoms with Gasteiger partial charge >= 0.3 is 12.2 Å². The van der Waals surface area contributed by atoms with Crippen molar-refractivity contribution < 1.29 is 27.6 Å². The smallest absolute Gasteiger partial charge is 0.329 e. The highest BCUT2D eigenvalue weighted by Crippen LogP contribution is 2.38. The molecule has 1 atom stereocenters. The lowest BCUT2D eigenvalue weighted by molar-refractivity contribution is -0.166. The fourth-order valence-corrected chi connectivity index (χ4v) is 4.45. The molecule has 0 bridgehead atoms. The van der Waals surface area contributed by atoms with E-state index in [0.717, 1.165) is 41.9 Å². The van der Waals surface area contributed by atoms with Crippen LogP contribution in [0.2, 0.25) is 0 Å². The van der Waals surface area contributed by atoms with Crippen molar-refractivity contribution in [2.45, 2.75) is 76.6 Å². The number of halogens is 3. The summed E-state index contributed by atoms with van der Waals surface area (Å²) in [7, 11) is 0. The Labute approximate surface area is 162 Å². The highest BCUT2D eigenvalue weighted by molar-refractivity contribution is 6.09. The standard InChI is InChI=1S/C19H28F3N3O3/c1-3-13-6-8-18(9-7-13)16(27)24(17(28)23-18)10-15(26)25(11-19(20,21)22)12(2)14-4-5-14/h12-14H,3-11H2,1-2H3,(H,23,28)/t12-,13?,18?/m1/s1. The average Bonchev–Trinajstić information content (AvgIpc) is 3.44. The molecule has 9 heteroatoms. The van der Waals surface area contributed by atoms with Crippen LogP contribution in [-0.4, -0.2) is 58.5 Å². The number of hydrogen-bond donors (Lipinski definition) is 1. The number of carbonyl (C=O) groups is 3. The van der Waals surface area contributed by atoms with Crippen LogP contribution in [0.15, 0.2) is 0 Å². The summed E-state index contributed by atoms with van der Waals surface area (Å²) in [5, 5.41) is 2.72. The quantitative estimate of drug-likeness (QED) is 0.693. The van der Waals surface area contributed by atoms with Crippen LogP contribution in [0.1, 0.15) is 58.8 Å². The minimum absolute atomic E-state index is 0.0464. The van der Waals surface area contributed by atoms with Crippen LogP contribution in [0, 0.1) is 11.8 Å². The van der Waals surface area contributed by atoms with Gasteiger partial charge in [-0.15, -0.1) is 0 Å². The maximum Gasteiger partial charge on any atom is 0.406 e. The molecule has 1 spiro atoms. The van der Waals surface area contributed by atoms with Crippen molar-refractivity contribution in [3.8, 4) is 0 Å². The van der Waals surface area contributed by atoms with Gasteiger partial charge in [0.15, 0.2) is 0 Å². The second kappa shape index (κ2) is 7.55. The maximum absolute atomic E-state index is 13.0. The van der Waals surface area contributed by atoms with E-state index in [1.165, 1.54) is 0 Å². The van der Waals surface area contributed by atoms with Crippen LogP contribution in [0.4, 0.5) is 18.0 Å². The predicted octanol–water partition coefficient (Wildman–Crippen LogP) is 3.07. The van der Waals surface area contributed by atoms with Crippen LogP contribution in [0.3, 0.4) is 0 Å². The van der Waals surface area contributed by atoms with Crippen molar-refractivity contribution in [1.82, 2.24) is 15.1 Å². The summed E-state index contributed by atoms with van der Waals surface area (Å²) in [5.74, 6) is -0.760. The van der Waals surface area contributed by atoms with Gasteiger partial charge in [0.05, 0.1) is 0 Å². The summed E-state index contributed by atoms with van der Waals surface area (Å²) >= 11 is 0. The first kappa shape index (κ1) is 20.9. The third-order valence-corrected chi connectivity index (χ3v) is 6.54. The van der Waals surface area contributed by atoms with E-state index in [4.69, 9.17) is 0 Å². The molecule has 4 amide bonds. The molecule has 2 aliphatic carbocycles. The van der Waals surface area contributed by atoms with Gasteiger partial charge in [-0.2, -0.15) is 13.2 Å². The first-order valence-electron chi connectivity index (χ1n) is 10.1. The molecule has 0 unspecified atom stereocenters. The number of imide groups is 1. The van der Waals surface area contributed by atoms with Crippen molar-refractivity contribution in [2.75, 3.05) is 13.1 Å². The van der Waals surface area contributed by atoms with Gasteiger partial charge in [0.1, 0.15) is 18.6 Å². The molecular weight excluding hydrogens is 375 g/mol. The zero-order valence-electron chi connectivity index (χ0n) is 16.3. The summed E-state index contributed by atoms with van der Waals surface area (Å²) in [5.41, 5.74) is -1.00. The lowest BCUT2D eigenvalue weighted by Crippen LogP contribution is -2.52. The molecule has 1 N–H and O–H groups in total. The van der Waals surface area contributed by atoms with Crippen LogP contribution < -0.4 is 5.32 Å². The number of carbonyl (C=O) groups excluding carboxylic acids is 3. The number of nitrogens with one attached hydrogen (secondary N) is 1. The summed E-state index contributed by atoms with van der Waals surface area (Å²) in [4.78, 5) is 39.5. The number of hydrogen-bond acceptors (Lipinski definition) is 3. The Balaban J connectivity index is 1.69. The third-order valence-electron chi connectivity index (χ3n) is 6.54. The number of nitrogens with zero attached hydrogens (tertiary/aromatic N) is 2. The largest absolute Gasteiger partial charge is 0.406 e. The summed E-state index contributed by atoms with van der Waals surface area (Å²) in [6.07, 6.45) is 0.673. The molecule has 3 fully saturated rings. The van der Waals surface area contributed by atoms with Gasteiger partial charge in [0, 0.05) is 6.04 Å². The number of rotatable bonds is 6. The minimum atomic E-state index is -4.53. The Hall–Kier alpha value is -1.80. The van der Waals surface area contributed by atoms with Gasteiger partial charge in [-0.25, -0.2) is 4.79 Å². The first-order chi connectivity index (χ1) is 13.1. The van der Waals surface area contributed by atoms with Crippen molar-refractivity contribution in [3.63, 3.8) is 0 Å². The molecule has 1 heterocycles. The van der Waals surface area contributed by atoms with Gasteiger partial charge < -0.3 is 10.2 Å². The van der Waals surface area contributed by atoms with Gasteiger partial charge in [0.25, 0.3) is 5.91 Å². The minimum Gasteiger partial charge on any atom is -0.329 e. The Bertz CT molecular complexity index is 640. The van der Waals surface area contributed by atoms with Gasteiger partial charge in [-0.1, -0.05) is 13.3 Å². The molecule has 6 nitrogen and oxygen atoms in total. The van der Waals surface area contributed by atoms with E-state index in [2.05, 4.69) is 12.2 Å². The molecule has 2 saturated carbocycles. The average molecular weight is 403 g/mol. The van der Waals surface area contributed by atoms with Crippen molar-refractivity contribution in [1.29, 1.82) is 0 Å². The second-order valence-corrected chi connectivity index (χ2v) is 8.47. The second-order valence-electron chi connectivity index (χ2n) is 8.47. The molecule has 0 aromatic heterocycles. The summed E-state index contributed by atoms with van der Waals surface area (Å²) in [6, 6.07) is -1.25. The van der Waals surface area contributed by atoms with Crippen LogP contribution in [0.5, 0.6) is 0 Å². The van der Waals surface area contributed by atoms with E-state index >= 15 is 0 Å². The molecule has 1 aliphatic heterocycles. The van der Waals surface area contributed by atoms with Crippen molar-refractivity contribution in [3.05, 3.63) is 0 Å². The monoisotopic (exact) mass is 403 g/mol. The normalized spacial score (nSPS) is 29.2. The summed E-state index contributed by atoms with van der Waals surface area (Å²) in [6.45, 7) is 1.67. The van der Waals surface area contributed by atoms with Crippen LogP contribution in [0.25, 0.3) is 0 Å². The Morgan fingerprint density at radius 1 is 1.25 bits per heavy atom. The molecule has 0 radical (unpaired) electrons. The zero-order chi connectivity index (χ0) is 20.7. The number of alkyl halides is 3. The van der Waals surface area contributed by atoms with E-state index in [9.17, 15) is 27.6 Å². The highest BCUT2D eigenvalue weighted by Gasteiger charge is 2.53. The van der Waals surface area contributed by atoms with E-state index in [-0.39, 0.29) is 5.92 Å². The third kappa shape index (κ3) is 4.27. The number of urea groups is 1. The van der Waals surface area contributed by atoms with Gasteiger partial charge in [0.2, 0.25) is 5.91 Å². The molecule has 158 valence electrons. The molecule has 0 aromatic carbocycles. The molecule has 28 heavy (non-hydrogen) atoms. The lowest BCUT2D eigenvalue weighted by Gasteiger charge is -2.35. The van der Waals surface area contributed by atoms with Crippen LogP contribution >= 0.6 is 0 Å². The molecule has 3 aliphatic rings. The van der Waals surface area contributed by atoms with E-state index < -0.39 is 48.7 Å². The fraction of sp³-hybridized carbons (Fsp3) is 0.842. The van der Waals surface area contributed by atoms with Gasteiger partial charge in [-0.05, 0) is 57.3 Å². The zero-order valence-corrected chi connectivity index (χ0v) is 16.3. The summed E-state index contributed by atoms with van der Waals surface area (Å²) < 4.78 is 38.9. The fourth-order valence-electron chi connectivity index (χ4n) is 4.45. The van der Waals surface area contributed by atoms with E-state index in [0.29, 0.717) is 18.8 Å². The predicted molar refractivity (Wildman–Crippen MR) is 95.2 cm³/mol. The Morgan fingerprint density at radius 3 is 2.36 bits per heavy atom. The molecule has 3 rings (SSSR count). The Morgan fingerprint density at radius 2 is 1.86 bits per heavy atom. The topological polar surface area (TPSA) is 69.7 Å². The van der Waals surface area contributed by atoms with Crippen molar-refractivity contribution in [2.24, 2.45) is 11.8 Å². The van der Waals surface area contributed by atoms with E-state index in [1.54, 1.807) is 6.92 Å². The molecule has 0 aromatic rings. The molecular formula is C19H28F3N3O3.